The number of carbonyl (C=O) groups is 4. The van der Waals surface area contributed by atoms with Crippen molar-refractivity contribution in [3.8, 4) is 0 Å². The van der Waals surface area contributed by atoms with Crippen molar-refractivity contribution in [2.24, 2.45) is 0 Å². The zero-order valence-electron chi connectivity index (χ0n) is 15.9. The second-order valence-electron chi connectivity index (χ2n) is 6.92. The fourth-order valence-corrected chi connectivity index (χ4v) is 5.08. The summed E-state index contributed by atoms with van der Waals surface area (Å²) < 4.78 is 5.19. The number of benzene rings is 1. The first-order valence-corrected chi connectivity index (χ1v) is 10.4. The van der Waals surface area contributed by atoms with E-state index in [-0.39, 0.29) is 13.2 Å². The van der Waals surface area contributed by atoms with E-state index in [9.17, 15) is 19.2 Å². The molecule has 0 saturated carbocycles. The molecule has 2 heterocycles. The van der Waals surface area contributed by atoms with E-state index in [1.165, 1.54) is 16.2 Å². The van der Waals surface area contributed by atoms with E-state index in [4.69, 9.17) is 4.74 Å². The summed E-state index contributed by atoms with van der Waals surface area (Å²) in [6.07, 6.45) is 3.69. The number of nitrogens with zero attached hydrogens (tertiary/aromatic N) is 1. The van der Waals surface area contributed by atoms with E-state index in [0.29, 0.717) is 21.8 Å². The molecule has 0 unspecified atom stereocenters. The largest absolute Gasteiger partial charge is 0.462 e. The zero-order valence-corrected chi connectivity index (χ0v) is 16.8. The molecule has 4 rings (SSSR count). The maximum absolute atomic E-state index is 12.7. The number of amides is 2. The van der Waals surface area contributed by atoms with Gasteiger partial charge in [-0.1, -0.05) is 12.1 Å². The summed E-state index contributed by atoms with van der Waals surface area (Å²) >= 11 is 1.39. The van der Waals surface area contributed by atoms with Gasteiger partial charge in [0.2, 0.25) is 5.91 Å². The molecule has 1 aromatic carbocycles. The van der Waals surface area contributed by atoms with Gasteiger partial charge in [-0.25, -0.2) is 4.79 Å². The highest BCUT2D eigenvalue weighted by atomic mass is 32.1. The number of fused-ring (bicyclic) bond motifs is 2. The molecule has 2 aromatic rings. The van der Waals surface area contributed by atoms with Crippen LogP contribution in [-0.2, 0) is 27.2 Å². The number of ether oxygens (including phenoxy) is 1. The molecule has 1 aromatic heterocycles. The third kappa shape index (κ3) is 3.44. The van der Waals surface area contributed by atoms with E-state index >= 15 is 0 Å². The highest BCUT2D eigenvalue weighted by molar-refractivity contribution is 7.17. The zero-order chi connectivity index (χ0) is 20.5. The molecule has 150 valence electrons. The predicted molar refractivity (Wildman–Crippen MR) is 109 cm³/mol. The smallest absolute Gasteiger partial charge is 0.341 e. The number of esters is 1. The molecule has 7 nitrogen and oxygen atoms in total. The quantitative estimate of drug-likeness (QED) is 0.602. The van der Waals surface area contributed by atoms with Crippen molar-refractivity contribution in [1.29, 1.82) is 0 Å². The second-order valence-corrected chi connectivity index (χ2v) is 8.03. The number of anilines is 2. The van der Waals surface area contributed by atoms with Crippen LogP contribution in [0.1, 0.15) is 50.9 Å². The lowest BCUT2D eigenvalue weighted by molar-refractivity contribution is -0.118. The number of hydrogen-bond acceptors (Lipinski definition) is 6. The summed E-state index contributed by atoms with van der Waals surface area (Å²) in [5.74, 6) is -2.25. The second kappa shape index (κ2) is 7.79. The molecule has 0 saturated heterocycles. The standard InChI is InChI=1S/C21H20N2O5S/c1-2-28-21(27)17-13-8-4-6-10-15(13)29-19(17)22-16(24)11-23-14-9-5-3-7-12(14)18(25)20(23)26/h3,5,7,9H,2,4,6,8,10-11H2,1H3,(H,22,24). The molecule has 8 heteroatoms. The first-order valence-electron chi connectivity index (χ1n) is 9.58. The van der Waals surface area contributed by atoms with Crippen LogP contribution >= 0.6 is 11.3 Å². The van der Waals surface area contributed by atoms with Crippen LogP contribution in [0.5, 0.6) is 0 Å². The average molecular weight is 412 g/mol. The van der Waals surface area contributed by atoms with E-state index in [1.807, 2.05) is 0 Å². The van der Waals surface area contributed by atoms with E-state index in [2.05, 4.69) is 5.32 Å². The Morgan fingerprint density at radius 1 is 1.17 bits per heavy atom. The molecule has 29 heavy (non-hydrogen) atoms. The number of thiophene rings is 1. The molecule has 0 fully saturated rings. The maximum Gasteiger partial charge on any atom is 0.341 e. The molecule has 1 aliphatic heterocycles. The first-order chi connectivity index (χ1) is 14.0. The van der Waals surface area contributed by atoms with Crippen LogP contribution in [-0.4, -0.2) is 36.7 Å². The van der Waals surface area contributed by atoms with Gasteiger partial charge in [-0.05, 0) is 50.3 Å². The number of carbonyl (C=O) groups excluding carboxylic acids is 4. The van der Waals surface area contributed by atoms with Crippen molar-refractivity contribution < 1.29 is 23.9 Å². The number of Topliss-reactive ketones (excluding diaryl/α,β-unsaturated/α-hetero) is 1. The minimum Gasteiger partial charge on any atom is -0.462 e. The van der Waals surface area contributed by atoms with Crippen molar-refractivity contribution >= 4 is 45.6 Å². The molecule has 2 aliphatic rings. The van der Waals surface area contributed by atoms with Crippen LogP contribution in [0.4, 0.5) is 10.7 Å². The van der Waals surface area contributed by atoms with Gasteiger partial charge < -0.3 is 10.1 Å². The summed E-state index contributed by atoms with van der Waals surface area (Å²) in [6, 6.07) is 6.59. The Balaban J connectivity index is 1.58. The molecular weight excluding hydrogens is 392 g/mol. The van der Waals surface area contributed by atoms with Gasteiger partial charge in [-0.15, -0.1) is 11.3 Å². The molecule has 0 atom stereocenters. The van der Waals surface area contributed by atoms with Crippen LogP contribution in [0, 0.1) is 0 Å². The Kier molecular flexibility index (Phi) is 5.19. The van der Waals surface area contributed by atoms with Crippen LogP contribution in [0.2, 0.25) is 0 Å². The van der Waals surface area contributed by atoms with Gasteiger partial charge in [0.25, 0.3) is 11.7 Å². The summed E-state index contributed by atoms with van der Waals surface area (Å²) in [5.41, 5.74) is 2.09. The highest BCUT2D eigenvalue weighted by Gasteiger charge is 2.37. The number of rotatable bonds is 5. The first kappa shape index (κ1) is 19.3. The molecule has 0 radical (unpaired) electrons. The normalized spacial score (nSPS) is 15.1. The van der Waals surface area contributed by atoms with Crippen molar-refractivity contribution in [3.63, 3.8) is 0 Å². The van der Waals surface area contributed by atoms with Gasteiger partial charge in [-0.2, -0.15) is 0 Å². The molecular formula is C21H20N2O5S. The molecule has 2 amide bonds. The Bertz CT molecular complexity index is 1030. The summed E-state index contributed by atoms with van der Waals surface area (Å²) in [6.45, 7) is 1.69. The number of ketones is 1. The highest BCUT2D eigenvalue weighted by Crippen LogP contribution is 2.38. The Labute approximate surface area is 171 Å². The Morgan fingerprint density at radius 2 is 1.93 bits per heavy atom. The average Bonchev–Trinajstić information content (AvgIpc) is 3.19. The van der Waals surface area contributed by atoms with Crippen molar-refractivity contribution in [2.45, 2.75) is 32.6 Å². The van der Waals surface area contributed by atoms with Crippen LogP contribution < -0.4 is 10.2 Å². The van der Waals surface area contributed by atoms with E-state index < -0.39 is 23.6 Å². The van der Waals surface area contributed by atoms with Gasteiger partial charge in [0.05, 0.1) is 23.4 Å². The van der Waals surface area contributed by atoms with Crippen LogP contribution in [0.15, 0.2) is 24.3 Å². The fraction of sp³-hybridized carbons (Fsp3) is 0.333. The molecule has 1 N–H and O–H groups in total. The van der Waals surface area contributed by atoms with Crippen molar-refractivity contribution in [2.75, 3.05) is 23.4 Å². The van der Waals surface area contributed by atoms with Gasteiger partial charge in [0.1, 0.15) is 11.5 Å². The number of hydrogen-bond donors (Lipinski definition) is 1. The van der Waals surface area contributed by atoms with Gasteiger partial charge in [0, 0.05) is 4.88 Å². The summed E-state index contributed by atoms with van der Waals surface area (Å²) in [7, 11) is 0. The number of nitrogens with one attached hydrogen (secondary N) is 1. The molecule has 0 spiro atoms. The lowest BCUT2D eigenvalue weighted by Crippen LogP contribution is -2.37. The lowest BCUT2D eigenvalue weighted by Gasteiger charge is -2.16. The summed E-state index contributed by atoms with van der Waals surface area (Å²) in [5, 5.41) is 3.22. The Hall–Kier alpha value is -3.00. The topological polar surface area (TPSA) is 92.8 Å². The van der Waals surface area contributed by atoms with Crippen LogP contribution in [0.25, 0.3) is 0 Å². The van der Waals surface area contributed by atoms with E-state index in [0.717, 1.165) is 36.1 Å². The monoisotopic (exact) mass is 412 g/mol. The lowest BCUT2D eigenvalue weighted by atomic mass is 9.95. The fourth-order valence-electron chi connectivity index (χ4n) is 3.79. The SMILES string of the molecule is CCOC(=O)c1c(NC(=O)CN2C(=O)C(=O)c3ccccc32)sc2c1CCCC2. The third-order valence-corrected chi connectivity index (χ3v) is 6.29. The van der Waals surface area contributed by atoms with Crippen molar-refractivity contribution in [1.82, 2.24) is 0 Å². The Morgan fingerprint density at radius 3 is 2.72 bits per heavy atom. The minimum absolute atomic E-state index is 0.248. The van der Waals surface area contributed by atoms with Crippen LogP contribution in [0.3, 0.4) is 0 Å². The van der Waals surface area contributed by atoms with Gasteiger partial charge in [-0.3, -0.25) is 19.3 Å². The molecule has 1 aliphatic carbocycles. The van der Waals surface area contributed by atoms with E-state index in [1.54, 1.807) is 31.2 Å². The van der Waals surface area contributed by atoms with Gasteiger partial charge in [0.15, 0.2) is 0 Å². The summed E-state index contributed by atoms with van der Waals surface area (Å²) in [4.78, 5) is 51.9. The van der Waals surface area contributed by atoms with Gasteiger partial charge >= 0.3 is 5.97 Å². The predicted octanol–water partition coefficient (Wildman–Crippen LogP) is 2.97. The minimum atomic E-state index is -0.725. The number of aryl methyl sites for hydroxylation is 1. The third-order valence-electron chi connectivity index (χ3n) is 5.08. The molecule has 0 bridgehead atoms. The maximum atomic E-state index is 12.7. The number of para-hydroxylation sites is 1. The van der Waals surface area contributed by atoms with Crippen molar-refractivity contribution in [3.05, 3.63) is 45.8 Å².